The van der Waals surface area contributed by atoms with Gasteiger partial charge < -0.3 is 9.84 Å². The average molecular weight is 309 g/mol. The highest BCUT2D eigenvalue weighted by atomic mass is 79.9. The van der Waals surface area contributed by atoms with E-state index in [-0.39, 0.29) is 17.5 Å². The standard InChI is InChI=1S/C9H10BrFN2O4/c10-5-2-13(9(16)12-7(5)15)8-6(11)1-4(3-14)17-8/h2,4,6,8,14H,1,3H2,(H,12,15,16)/t4-,6-,8+/m0/s1. The molecule has 0 bridgehead atoms. The number of ether oxygens (including phenoxy) is 1. The van der Waals surface area contributed by atoms with Crippen molar-refractivity contribution >= 4 is 15.9 Å². The van der Waals surface area contributed by atoms with Crippen molar-refractivity contribution in [1.82, 2.24) is 9.55 Å². The minimum atomic E-state index is -1.40. The lowest BCUT2D eigenvalue weighted by Gasteiger charge is -2.15. The second kappa shape index (κ2) is 4.71. The molecule has 2 rings (SSSR count). The van der Waals surface area contributed by atoms with E-state index in [1.54, 1.807) is 0 Å². The maximum absolute atomic E-state index is 13.6. The summed E-state index contributed by atoms with van der Waals surface area (Å²) in [5, 5.41) is 8.87. The molecule has 17 heavy (non-hydrogen) atoms. The van der Waals surface area contributed by atoms with Gasteiger partial charge in [-0.25, -0.2) is 9.18 Å². The zero-order chi connectivity index (χ0) is 12.6. The van der Waals surface area contributed by atoms with Crippen molar-refractivity contribution in [2.45, 2.75) is 24.9 Å². The molecule has 0 unspecified atom stereocenters. The molecule has 2 N–H and O–H groups in total. The third kappa shape index (κ3) is 2.33. The maximum Gasteiger partial charge on any atom is 0.330 e. The van der Waals surface area contributed by atoms with Crippen molar-refractivity contribution in [2.75, 3.05) is 6.61 Å². The lowest BCUT2D eigenvalue weighted by molar-refractivity contribution is -0.0395. The monoisotopic (exact) mass is 308 g/mol. The Labute approximate surface area is 103 Å². The fourth-order valence-corrected chi connectivity index (χ4v) is 2.03. The Hall–Kier alpha value is -0.990. The van der Waals surface area contributed by atoms with E-state index in [1.807, 2.05) is 4.98 Å². The SMILES string of the molecule is O=c1[nH]c(=O)n([C@@H]2O[C@H](CO)C[C@@H]2F)cc1Br. The third-order valence-electron chi connectivity index (χ3n) is 2.53. The Balaban J connectivity index is 2.38. The summed E-state index contributed by atoms with van der Waals surface area (Å²) in [6.07, 6.45) is -1.95. The van der Waals surface area contributed by atoms with E-state index in [2.05, 4.69) is 15.9 Å². The molecule has 2 heterocycles. The maximum atomic E-state index is 13.6. The fraction of sp³-hybridized carbons (Fsp3) is 0.556. The molecular weight excluding hydrogens is 299 g/mol. The average Bonchev–Trinajstić information content (AvgIpc) is 2.65. The van der Waals surface area contributed by atoms with E-state index in [4.69, 9.17) is 9.84 Å². The summed E-state index contributed by atoms with van der Waals surface area (Å²) >= 11 is 2.95. The number of nitrogens with zero attached hydrogens (tertiary/aromatic N) is 1. The number of alkyl halides is 1. The molecular formula is C9H10BrFN2O4. The Morgan fingerprint density at radius 2 is 2.35 bits per heavy atom. The molecule has 0 saturated carbocycles. The van der Waals surface area contributed by atoms with Crippen LogP contribution in [0.25, 0.3) is 0 Å². The summed E-state index contributed by atoms with van der Waals surface area (Å²) in [5.74, 6) is 0. The molecule has 1 aromatic rings. The normalized spacial score (nSPS) is 28.5. The van der Waals surface area contributed by atoms with Gasteiger partial charge in [-0.1, -0.05) is 0 Å². The Kier molecular flexibility index (Phi) is 3.45. The van der Waals surface area contributed by atoms with E-state index >= 15 is 0 Å². The number of aliphatic hydroxyl groups is 1. The number of hydrogen-bond acceptors (Lipinski definition) is 4. The van der Waals surface area contributed by atoms with Gasteiger partial charge in [0.25, 0.3) is 5.56 Å². The quantitative estimate of drug-likeness (QED) is 0.800. The van der Waals surface area contributed by atoms with Gasteiger partial charge in [0.15, 0.2) is 6.23 Å². The molecule has 3 atom stereocenters. The summed E-state index contributed by atoms with van der Waals surface area (Å²) in [7, 11) is 0. The lowest BCUT2D eigenvalue weighted by atomic mass is 10.2. The van der Waals surface area contributed by atoms with E-state index in [9.17, 15) is 14.0 Å². The van der Waals surface area contributed by atoms with Crippen LogP contribution < -0.4 is 11.2 Å². The second-order valence-corrected chi connectivity index (χ2v) is 4.58. The summed E-state index contributed by atoms with van der Waals surface area (Å²) in [6.45, 7) is -0.309. The van der Waals surface area contributed by atoms with Crippen molar-refractivity contribution in [3.05, 3.63) is 31.5 Å². The molecule has 0 aromatic carbocycles. The number of nitrogens with one attached hydrogen (secondary N) is 1. The van der Waals surface area contributed by atoms with Crippen molar-refractivity contribution in [3.8, 4) is 0 Å². The number of H-pyrrole nitrogens is 1. The van der Waals surface area contributed by atoms with Gasteiger partial charge in [0.2, 0.25) is 0 Å². The highest BCUT2D eigenvalue weighted by molar-refractivity contribution is 9.10. The predicted octanol–water partition coefficient (Wildman–Crippen LogP) is -0.0830. The second-order valence-electron chi connectivity index (χ2n) is 3.73. The van der Waals surface area contributed by atoms with Crippen LogP contribution in [0, 0.1) is 0 Å². The van der Waals surface area contributed by atoms with Crippen LogP contribution in [-0.4, -0.2) is 33.5 Å². The fourth-order valence-electron chi connectivity index (χ4n) is 1.71. The first-order valence-electron chi connectivity index (χ1n) is 4.94. The topological polar surface area (TPSA) is 84.3 Å². The van der Waals surface area contributed by atoms with Gasteiger partial charge in [0.1, 0.15) is 6.17 Å². The molecule has 1 aliphatic heterocycles. The summed E-state index contributed by atoms with van der Waals surface area (Å²) in [4.78, 5) is 24.6. The predicted molar refractivity (Wildman–Crippen MR) is 59.5 cm³/mol. The minimum Gasteiger partial charge on any atom is -0.394 e. The first-order valence-corrected chi connectivity index (χ1v) is 5.73. The molecule has 1 aliphatic rings. The zero-order valence-corrected chi connectivity index (χ0v) is 10.2. The number of halogens is 2. The van der Waals surface area contributed by atoms with Crippen LogP contribution in [-0.2, 0) is 4.74 Å². The highest BCUT2D eigenvalue weighted by Gasteiger charge is 2.37. The number of aromatic nitrogens is 2. The van der Waals surface area contributed by atoms with Gasteiger partial charge in [-0.2, -0.15) is 0 Å². The highest BCUT2D eigenvalue weighted by Crippen LogP contribution is 2.30. The smallest absolute Gasteiger partial charge is 0.330 e. The largest absolute Gasteiger partial charge is 0.394 e. The van der Waals surface area contributed by atoms with Crippen molar-refractivity contribution in [1.29, 1.82) is 0 Å². The molecule has 94 valence electrons. The molecule has 8 heteroatoms. The summed E-state index contributed by atoms with van der Waals surface area (Å²) in [5.41, 5.74) is -1.33. The van der Waals surface area contributed by atoms with Crippen molar-refractivity contribution < 1.29 is 14.2 Å². The van der Waals surface area contributed by atoms with Gasteiger partial charge in [-0.3, -0.25) is 14.3 Å². The van der Waals surface area contributed by atoms with Crippen LogP contribution in [0.1, 0.15) is 12.6 Å². The number of aliphatic hydroxyl groups excluding tert-OH is 1. The summed E-state index contributed by atoms with van der Waals surface area (Å²) in [6, 6.07) is 0. The van der Waals surface area contributed by atoms with E-state index in [0.717, 1.165) is 4.57 Å². The van der Waals surface area contributed by atoms with Crippen LogP contribution in [0.5, 0.6) is 0 Å². The van der Waals surface area contributed by atoms with Gasteiger partial charge in [-0.15, -0.1) is 0 Å². The summed E-state index contributed by atoms with van der Waals surface area (Å²) < 4.78 is 19.9. The lowest BCUT2D eigenvalue weighted by Crippen LogP contribution is -2.34. The number of hydrogen-bond donors (Lipinski definition) is 2. The molecule has 1 fully saturated rings. The molecule has 0 radical (unpaired) electrons. The Bertz CT molecular complexity index is 528. The van der Waals surface area contributed by atoms with Gasteiger partial charge in [-0.05, 0) is 15.9 Å². The molecule has 6 nitrogen and oxygen atoms in total. The van der Waals surface area contributed by atoms with Gasteiger partial charge in [0, 0.05) is 12.6 Å². The Morgan fingerprint density at radius 1 is 1.65 bits per heavy atom. The number of aromatic amines is 1. The van der Waals surface area contributed by atoms with Crippen LogP contribution in [0.2, 0.25) is 0 Å². The zero-order valence-electron chi connectivity index (χ0n) is 8.60. The Morgan fingerprint density at radius 3 is 2.94 bits per heavy atom. The van der Waals surface area contributed by atoms with Crippen LogP contribution in [0.15, 0.2) is 20.3 Å². The third-order valence-corrected chi connectivity index (χ3v) is 3.10. The molecule has 1 aromatic heterocycles. The molecule has 0 aliphatic carbocycles. The van der Waals surface area contributed by atoms with Gasteiger partial charge >= 0.3 is 5.69 Å². The van der Waals surface area contributed by atoms with E-state index in [1.165, 1.54) is 6.20 Å². The van der Waals surface area contributed by atoms with Crippen molar-refractivity contribution in [3.63, 3.8) is 0 Å². The molecule has 0 spiro atoms. The van der Waals surface area contributed by atoms with Crippen molar-refractivity contribution in [2.24, 2.45) is 0 Å². The van der Waals surface area contributed by atoms with Crippen LogP contribution >= 0.6 is 15.9 Å². The molecule has 1 saturated heterocycles. The van der Waals surface area contributed by atoms with Crippen LogP contribution in [0.3, 0.4) is 0 Å². The number of rotatable bonds is 2. The van der Waals surface area contributed by atoms with Crippen LogP contribution in [0.4, 0.5) is 4.39 Å². The first kappa shape index (κ1) is 12.5. The minimum absolute atomic E-state index is 0.0182. The first-order chi connectivity index (χ1) is 8.02. The van der Waals surface area contributed by atoms with E-state index < -0.39 is 29.8 Å². The van der Waals surface area contributed by atoms with E-state index in [0.29, 0.717) is 0 Å². The van der Waals surface area contributed by atoms with Gasteiger partial charge in [0.05, 0.1) is 17.2 Å². The molecule has 0 amide bonds.